The lowest BCUT2D eigenvalue weighted by Gasteiger charge is -2.37. The van der Waals surface area contributed by atoms with E-state index in [0.717, 1.165) is 30.6 Å². The van der Waals surface area contributed by atoms with Crippen molar-refractivity contribution in [1.82, 2.24) is 4.98 Å². The Morgan fingerprint density at radius 2 is 2.24 bits per heavy atom. The number of pyridine rings is 1. The number of piperidine rings is 1. The lowest BCUT2D eigenvalue weighted by molar-refractivity contribution is -0.383. The third-order valence-electron chi connectivity index (χ3n) is 4.28. The van der Waals surface area contributed by atoms with Crippen molar-refractivity contribution in [2.24, 2.45) is 11.7 Å². The Kier molecular flexibility index (Phi) is 3.47. The van der Waals surface area contributed by atoms with Gasteiger partial charge in [0, 0.05) is 42.5 Å². The van der Waals surface area contributed by atoms with E-state index >= 15 is 0 Å². The highest BCUT2D eigenvalue weighted by Gasteiger charge is 2.25. The predicted octanol–water partition coefficient (Wildman–Crippen LogP) is 2.32. The van der Waals surface area contributed by atoms with Gasteiger partial charge in [0.2, 0.25) is 0 Å². The molecule has 1 aliphatic heterocycles. The summed E-state index contributed by atoms with van der Waals surface area (Å²) in [5.74, 6) is 0.503. The summed E-state index contributed by atoms with van der Waals surface area (Å²) in [4.78, 5) is 17.1. The number of nitro benzene ring substituents is 1. The van der Waals surface area contributed by atoms with E-state index in [9.17, 15) is 10.1 Å². The van der Waals surface area contributed by atoms with Crippen LogP contribution < -0.4 is 10.6 Å². The first-order chi connectivity index (χ1) is 10.1. The van der Waals surface area contributed by atoms with Crippen LogP contribution in [0.15, 0.2) is 30.5 Å². The van der Waals surface area contributed by atoms with Gasteiger partial charge in [0.05, 0.1) is 4.92 Å². The maximum Gasteiger partial charge on any atom is 0.295 e. The smallest absolute Gasteiger partial charge is 0.295 e. The molecule has 110 valence electrons. The second-order valence-corrected chi connectivity index (χ2v) is 5.64. The Labute approximate surface area is 122 Å². The minimum absolute atomic E-state index is 0.0454. The van der Waals surface area contributed by atoms with Crippen LogP contribution in [0.1, 0.15) is 13.3 Å². The van der Waals surface area contributed by atoms with E-state index in [-0.39, 0.29) is 16.7 Å². The van der Waals surface area contributed by atoms with Crippen molar-refractivity contribution < 1.29 is 4.92 Å². The number of fused-ring (bicyclic) bond motifs is 1. The highest BCUT2D eigenvalue weighted by Crippen LogP contribution is 2.32. The highest BCUT2D eigenvalue weighted by molar-refractivity contribution is 5.96. The number of benzene rings is 1. The number of anilines is 1. The SMILES string of the molecule is CC1CCN(c2ccnc3c([N+](=O)[O-])cccc23)CC1N. The van der Waals surface area contributed by atoms with Crippen molar-refractivity contribution in [2.75, 3.05) is 18.0 Å². The standard InChI is InChI=1S/C15H18N4O2/c1-10-6-8-18(9-12(10)16)13-5-7-17-15-11(13)3-2-4-14(15)19(20)21/h2-5,7,10,12H,6,8-9,16H2,1H3. The molecule has 1 saturated heterocycles. The van der Waals surface area contributed by atoms with Gasteiger partial charge >= 0.3 is 0 Å². The van der Waals surface area contributed by atoms with Crippen LogP contribution in [0.2, 0.25) is 0 Å². The van der Waals surface area contributed by atoms with E-state index in [2.05, 4.69) is 16.8 Å². The molecule has 1 aliphatic rings. The van der Waals surface area contributed by atoms with Gasteiger partial charge in [-0.05, 0) is 18.4 Å². The number of non-ortho nitro benzene ring substituents is 1. The van der Waals surface area contributed by atoms with E-state index in [0.29, 0.717) is 11.4 Å². The Morgan fingerprint density at radius 1 is 1.43 bits per heavy atom. The molecule has 0 radical (unpaired) electrons. The van der Waals surface area contributed by atoms with Gasteiger partial charge in [-0.25, -0.2) is 4.98 Å². The molecule has 6 heteroatoms. The highest BCUT2D eigenvalue weighted by atomic mass is 16.6. The average molecular weight is 286 g/mol. The minimum Gasteiger partial charge on any atom is -0.369 e. The van der Waals surface area contributed by atoms with Crippen LogP contribution in [-0.2, 0) is 0 Å². The first kappa shape index (κ1) is 13.8. The number of rotatable bonds is 2. The van der Waals surface area contributed by atoms with Crippen molar-refractivity contribution >= 4 is 22.3 Å². The molecule has 3 rings (SSSR count). The van der Waals surface area contributed by atoms with Gasteiger partial charge in [0.1, 0.15) is 5.52 Å². The fourth-order valence-corrected chi connectivity index (χ4v) is 2.89. The van der Waals surface area contributed by atoms with Crippen LogP contribution in [0.4, 0.5) is 11.4 Å². The molecule has 2 unspecified atom stereocenters. The van der Waals surface area contributed by atoms with Gasteiger partial charge in [-0.3, -0.25) is 10.1 Å². The van der Waals surface area contributed by atoms with Crippen LogP contribution in [0.5, 0.6) is 0 Å². The minimum atomic E-state index is -0.386. The molecule has 2 N–H and O–H groups in total. The molecule has 1 aromatic heterocycles. The Bertz CT molecular complexity index is 688. The third kappa shape index (κ3) is 2.42. The largest absolute Gasteiger partial charge is 0.369 e. The molecule has 6 nitrogen and oxygen atoms in total. The summed E-state index contributed by atoms with van der Waals surface area (Å²) in [5, 5.41) is 11.9. The van der Waals surface area contributed by atoms with Crippen molar-refractivity contribution in [2.45, 2.75) is 19.4 Å². The van der Waals surface area contributed by atoms with E-state index in [1.165, 1.54) is 6.07 Å². The number of nitrogens with two attached hydrogens (primary N) is 1. The summed E-state index contributed by atoms with van der Waals surface area (Å²) in [6.45, 7) is 3.84. The van der Waals surface area contributed by atoms with Crippen molar-refractivity contribution in [3.63, 3.8) is 0 Å². The average Bonchev–Trinajstić information content (AvgIpc) is 2.48. The topological polar surface area (TPSA) is 85.3 Å². The summed E-state index contributed by atoms with van der Waals surface area (Å²) in [7, 11) is 0. The molecule has 2 aromatic rings. The van der Waals surface area contributed by atoms with Crippen LogP contribution in [-0.4, -0.2) is 29.0 Å². The van der Waals surface area contributed by atoms with Gasteiger partial charge in [0.25, 0.3) is 5.69 Å². The number of para-hydroxylation sites is 1. The first-order valence-electron chi connectivity index (χ1n) is 7.10. The quantitative estimate of drug-likeness (QED) is 0.676. The molecule has 2 atom stereocenters. The maximum atomic E-state index is 11.1. The molecule has 1 aromatic carbocycles. The lowest BCUT2D eigenvalue weighted by Crippen LogP contribution is -2.47. The van der Waals surface area contributed by atoms with Gasteiger partial charge in [-0.15, -0.1) is 0 Å². The van der Waals surface area contributed by atoms with Gasteiger partial charge in [-0.2, -0.15) is 0 Å². The predicted molar refractivity (Wildman–Crippen MR) is 82.4 cm³/mol. The van der Waals surface area contributed by atoms with Crippen molar-refractivity contribution in [1.29, 1.82) is 0 Å². The molecule has 1 fully saturated rings. The second-order valence-electron chi connectivity index (χ2n) is 5.64. The monoisotopic (exact) mass is 286 g/mol. The molecule has 0 saturated carbocycles. The van der Waals surface area contributed by atoms with E-state index in [1.807, 2.05) is 12.1 Å². The zero-order chi connectivity index (χ0) is 15.0. The van der Waals surface area contributed by atoms with Gasteiger partial charge in [-0.1, -0.05) is 19.1 Å². The van der Waals surface area contributed by atoms with Gasteiger partial charge < -0.3 is 10.6 Å². The fourth-order valence-electron chi connectivity index (χ4n) is 2.89. The van der Waals surface area contributed by atoms with E-state index in [4.69, 9.17) is 5.73 Å². The summed E-state index contributed by atoms with van der Waals surface area (Å²) >= 11 is 0. The van der Waals surface area contributed by atoms with E-state index < -0.39 is 0 Å². The molecule has 21 heavy (non-hydrogen) atoms. The van der Waals surface area contributed by atoms with Gasteiger partial charge in [0.15, 0.2) is 0 Å². The van der Waals surface area contributed by atoms with Crippen LogP contribution in [0.3, 0.4) is 0 Å². The van der Waals surface area contributed by atoms with Crippen LogP contribution in [0, 0.1) is 16.0 Å². The first-order valence-corrected chi connectivity index (χ1v) is 7.10. The molecular weight excluding hydrogens is 268 g/mol. The van der Waals surface area contributed by atoms with E-state index in [1.54, 1.807) is 12.3 Å². The Balaban J connectivity index is 2.07. The summed E-state index contributed by atoms with van der Waals surface area (Å²) in [6.07, 6.45) is 2.66. The van der Waals surface area contributed by atoms with Crippen molar-refractivity contribution in [3.8, 4) is 0 Å². The van der Waals surface area contributed by atoms with Crippen LogP contribution >= 0.6 is 0 Å². The van der Waals surface area contributed by atoms with Crippen molar-refractivity contribution in [3.05, 3.63) is 40.6 Å². The molecule has 0 amide bonds. The number of hydrogen-bond acceptors (Lipinski definition) is 5. The Hall–Kier alpha value is -2.21. The normalized spacial score (nSPS) is 22.5. The summed E-state index contributed by atoms with van der Waals surface area (Å²) < 4.78 is 0. The molecular formula is C15H18N4O2. The second kappa shape index (κ2) is 5.29. The molecule has 2 heterocycles. The fraction of sp³-hybridized carbons (Fsp3) is 0.400. The Morgan fingerprint density at radius 3 is 2.95 bits per heavy atom. The third-order valence-corrected chi connectivity index (χ3v) is 4.28. The zero-order valence-electron chi connectivity index (χ0n) is 11.9. The molecule has 0 aliphatic carbocycles. The number of hydrogen-bond donors (Lipinski definition) is 1. The molecule has 0 spiro atoms. The maximum absolute atomic E-state index is 11.1. The zero-order valence-corrected chi connectivity index (χ0v) is 11.9. The number of aromatic nitrogens is 1. The van der Waals surface area contributed by atoms with Crippen LogP contribution in [0.25, 0.3) is 10.9 Å². The number of nitro groups is 1. The summed E-state index contributed by atoms with van der Waals surface area (Å²) in [5.41, 5.74) is 7.62. The number of nitrogens with zero attached hydrogens (tertiary/aromatic N) is 3. The molecule has 0 bridgehead atoms. The summed E-state index contributed by atoms with van der Waals surface area (Å²) in [6, 6.07) is 7.12. The lowest BCUT2D eigenvalue weighted by atomic mass is 9.93.